The van der Waals surface area contributed by atoms with E-state index in [1.807, 2.05) is 0 Å². The molecule has 0 heterocycles. The summed E-state index contributed by atoms with van der Waals surface area (Å²) in [5, 5.41) is 0. The summed E-state index contributed by atoms with van der Waals surface area (Å²) < 4.78 is 39.2. The van der Waals surface area contributed by atoms with Crippen LogP contribution in [0.3, 0.4) is 0 Å². The van der Waals surface area contributed by atoms with Crippen molar-refractivity contribution >= 4 is 22.1 Å². The lowest BCUT2D eigenvalue weighted by Gasteiger charge is -2.15. The fraction of sp³-hybridized carbons (Fsp3) is 0.667. The lowest BCUT2D eigenvalue weighted by atomic mass is 10.2. The Labute approximate surface area is 118 Å². The molecule has 116 valence electrons. The lowest BCUT2D eigenvalue weighted by Crippen LogP contribution is -2.23. The summed E-state index contributed by atoms with van der Waals surface area (Å²) in [6.07, 6.45) is -0.263. The normalized spacial score (nSPS) is 12.6. The Balaban J connectivity index is 4.04. The standard InChI is InChI=1S/C12H20O7S/c1-4-10(19-12(14)9(2)3)8-11(13)18-6-5-7-20(15,16)17/h10H,2,4-8H2,1,3H3,(H,15,16,17). The molecule has 0 spiro atoms. The molecule has 0 aromatic heterocycles. The van der Waals surface area contributed by atoms with E-state index < -0.39 is 33.9 Å². The monoisotopic (exact) mass is 308 g/mol. The Kier molecular flexibility index (Phi) is 8.09. The first-order valence-corrected chi connectivity index (χ1v) is 7.74. The van der Waals surface area contributed by atoms with Crippen molar-refractivity contribution in [2.75, 3.05) is 12.4 Å². The minimum absolute atomic E-state index is 0.00686. The van der Waals surface area contributed by atoms with Crippen molar-refractivity contribution in [3.63, 3.8) is 0 Å². The van der Waals surface area contributed by atoms with E-state index in [2.05, 4.69) is 6.58 Å². The molecule has 0 saturated heterocycles. The first-order valence-electron chi connectivity index (χ1n) is 6.13. The van der Waals surface area contributed by atoms with Crippen LogP contribution in [0.2, 0.25) is 0 Å². The van der Waals surface area contributed by atoms with Gasteiger partial charge in [0.15, 0.2) is 0 Å². The maximum absolute atomic E-state index is 11.4. The molecule has 0 aromatic carbocycles. The molecule has 20 heavy (non-hydrogen) atoms. The van der Waals surface area contributed by atoms with Gasteiger partial charge in [-0.25, -0.2) is 4.79 Å². The van der Waals surface area contributed by atoms with Gasteiger partial charge in [0.2, 0.25) is 0 Å². The van der Waals surface area contributed by atoms with Gasteiger partial charge in [0, 0.05) is 5.57 Å². The van der Waals surface area contributed by atoms with E-state index in [1.165, 1.54) is 6.92 Å². The molecule has 0 radical (unpaired) electrons. The van der Waals surface area contributed by atoms with Crippen molar-refractivity contribution in [3.8, 4) is 0 Å². The quantitative estimate of drug-likeness (QED) is 0.294. The smallest absolute Gasteiger partial charge is 0.333 e. The summed E-state index contributed by atoms with van der Waals surface area (Å²) in [4.78, 5) is 22.7. The van der Waals surface area contributed by atoms with E-state index in [0.717, 1.165) is 0 Å². The predicted molar refractivity (Wildman–Crippen MR) is 71.6 cm³/mol. The van der Waals surface area contributed by atoms with Crippen molar-refractivity contribution in [2.45, 2.75) is 39.2 Å². The van der Waals surface area contributed by atoms with Crippen LogP contribution >= 0.6 is 0 Å². The first-order chi connectivity index (χ1) is 9.15. The third kappa shape index (κ3) is 9.51. The molecule has 0 aromatic rings. The second kappa shape index (κ2) is 8.70. The Morgan fingerprint density at radius 1 is 1.35 bits per heavy atom. The predicted octanol–water partition coefficient (Wildman–Crippen LogP) is 1.10. The van der Waals surface area contributed by atoms with Crippen LogP contribution in [0.15, 0.2) is 12.2 Å². The van der Waals surface area contributed by atoms with Gasteiger partial charge in [0.05, 0.1) is 18.8 Å². The lowest BCUT2D eigenvalue weighted by molar-refractivity contribution is -0.152. The fourth-order valence-corrected chi connectivity index (χ4v) is 1.68. The van der Waals surface area contributed by atoms with Crippen LogP contribution in [0.4, 0.5) is 0 Å². The van der Waals surface area contributed by atoms with Crippen LogP contribution in [0, 0.1) is 0 Å². The van der Waals surface area contributed by atoms with Crippen molar-refractivity contribution in [3.05, 3.63) is 12.2 Å². The second-order valence-electron chi connectivity index (χ2n) is 4.28. The van der Waals surface area contributed by atoms with Crippen molar-refractivity contribution in [1.29, 1.82) is 0 Å². The highest BCUT2D eigenvalue weighted by Gasteiger charge is 2.18. The van der Waals surface area contributed by atoms with Crippen LogP contribution in [0.1, 0.15) is 33.1 Å². The third-order valence-corrected chi connectivity index (χ3v) is 3.09. The molecule has 0 aliphatic carbocycles. The molecule has 7 nitrogen and oxygen atoms in total. The Morgan fingerprint density at radius 2 is 1.95 bits per heavy atom. The number of hydrogen-bond donors (Lipinski definition) is 1. The van der Waals surface area contributed by atoms with Crippen LogP contribution in [-0.2, 0) is 29.2 Å². The van der Waals surface area contributed by atoms with Gasteiger partial charge < -0.3 is 9.47 Å². The summed E-state index contributed by atoms with van der Waals surface area (Å²) >= 11 is 0. The minimum Gasteiger partial charge on any atom is -0.466 e. The van der Waals surface area contributed by atoms with Gasteiger partial charge in [-0.15, -0.1) is 0 Å². The van der Waals surface area contributed by atoms with E-state index in [-0.39, 0.29) is 25.0 Å². The number of hydrogen-bond acceptors (Lipinski definition) is 6. The molecule has 0 amide bonds. The molecule has 0 fully saturated rings. The van der Waals surface area contributed by atoms with Gasteiger partial charge in [0.1, 0.15) is 6.10 Å². The van der Waals surface area contributed by atoms with Gasteiger partial charge in [-0.1, -0.05) is 13.5 Å². The Morgan fingerprint density at radius 3 is 2.40 bits per heavy atom. The molecule has 0 aliphatic heterocycles. The van der Waals surface area contributed by atoms with Crippen LogP contribution in [-0.4, -0.2) is 43.4 Å². The van der Waals surface area contributed by atoms with Crippen LogP contribution in [0.5, 0.6) is 0 Å². The number of rotatable bonds is 9. The average molecular weight is 308 g/mol. The van der Waals surface area contributed by atoms with E-state index in [4.69, 9.17) is 14.0 Å². The summed E-state index contributed by atoms with van der Waals surface area (Å²) in [5.41, 5.74) is 0.241. The summed E-state index contributed by atoms with van der Waals surface area (Å²) in [6, 6.07) is 0. The van der Waals surface area contributed by atoms with E-state index in [0.29, 0.717) is 6.42 Å². The largest absolute Gasteiger partial charge is 0.466 e. The molecule has 0 bridgehead atoms. The zero-order chi connectivity index (χ0) is 15.8. The first kappa shape index (κ1) is 18.6. The Bertz CT molecular complexity index is 452. The van der Waals surface area contributed by atoms with E-state index in [1.54, 1.807) is 6.92 Å². The van der Waals surface area contributed by atoms with Crippen molar-refractivity contribution < 1.29 is 32.0 Å². The fourth-order valence-electron chi connectivity index (χ4n) is 1.19. The molecule has 8 heteroatoms. The third-order valence-electron chi connectivity index (χ3n) is 2.28. The summed E-state index contributed by atoms with van der Waals surface area (Å²) in [6.45, 7) is 6.57. The van der Waals surface area contributed by atoms with Crippen LogP contribution in [0.25, 0.3) is 0 Å². The Hall–Kier alpha value is -1.41. The molecule has 0 rings (SSSR count). The van der Waals surface area contributed by atoms with Gasteiger partial charge in [-0.3, -0.25) is 9.35 Å². The van der Waals surface area contributed by atoms with E-state index >= 15 is 0 Å². The summed E-state index contributed by atoms with van der Waals surface area (Å²) in [5.74, 6) is -1.64. The van der Waals surface area contributed by atoms with Gasteiger partial charge in [0.25, 0.3) is 10.1 Å². The molecule has 1 atom stereocenters. The maximum atomic E-state index is 11.4. The second-order valence-corrected chi connectivity index (χ2v) is 5.85. The van der Waals surface area contributed by atoms with E-state index in [9.17, 15) is 18.0 Å². The van der Waals surface area contributed by atoms with Gasteiger partial charge in [-0.2, -0.15) is 8.42 Å². The summed E-state index contributed by atoms with van der Waals surface area (Å²) in [7, 11) is -4.05. The minimum atomic E-state index is -4.05. The number of carbonyl (C=O) groups is 2. The van der Waals surface area contributed by atoms with Gasteiger partial charge >= 0.3 is 11.9 Å². The van der Waals surface area contributed by atoms with Crippen LogP contribution < -0.4 is 0 Å². The number of esters is 2. The van der Waals surface area contributed by atoms with Crippen molar-refractivity contribution in [2.24, 2.45) is 0 Å². The zero-order valence-electron chi connectivity index (χ0n) is 11.6. The zero-order valence-corrected chi connectivity index (χ0v) is 12.4. The highest BCUT2D eigenvalue weighted by Crippen LogP contribution is 2.08. The van der Waals surface area contributed by atoms with Crippen molar-refractivity contribution in [1.82, 2.24) is 0 Å². The van der Waals surface area contributed by atoms with Gasteiger partial charge in [-0.05, 0) is 19.8 Å². The molecule has 0 saturated carbocycles. The average Bonchev–Trinajstić information content (AvgIpc) is 2.32. The number of carbonyl (C=O) groups excluding carboxylic acids is 2. The highest BCUT2D eigenvalue weighted by molar-refractivity contribution is 7.85. The molecule has 1 unspecified atom stereocenters. The molecule has 1 N–H and O–H groups in total. The topological polar surface area (TPSA) is 107 Å². The number of ether oxygens (including phenoxy) is 2. The SMILES string of the molecule is C=C(C)C(=O)OC(CC)CC(=O)OCCCS(=O)(=O)O. The molecule has 0 aliphatic rings. The molecular formula is C12H20O7S. The highest BCUT2D eigenvalue weighted by atomic mass is 32.2. The maximum Gasteiger partial charge on any atom is 0.333 e. The molecular weight excluding hydrogens is 288 g/mol.